The molecule has 0 atom stereocenters. The van der Waals surface area contributed by atoms with Crippen LogP contribution in [-0.2, 0) is 10.3 Å². The van der Waals surface area contributed by atoms with Crippen molar-refractivity contribution in [2.45, 2.75) is 44.8 Å². The van der Waals surface area contributed by atoms with Gasteiger partial charge in [-0.2, -0.15) is 4.98 Å². The van der Waals surface area contributed by atoms with Gasteiger partial charge in [-0.1, -0.05) is 5.16 Å². The second-order valence-electron chi connectivity index (χ2n) is 6.72. The second-order valence-corrected chi connectivity index (χ2v) is 6.72. The summed E-state index contributed by atoms with van der Waals surface area (Å²) >= 11 is 0. The van der Waals surface area contributed by atoms with Gasteiger partial charge in [0.05, 0.1) is 12.7 Å². The highest BCUT2D eigenvalue weighted by Gasteiger charge is 2.50. The first-order valence-corrected chi connectivity index (χ1v) is 7.67. The smallest absolute Gasteiger partial charge is 0.408 e. The largest absolute Gasteiger partial charge is 0.481 e. The summed E-state index contributed by atoms with van der Waals surface area (Å²) in [6.45, 7) is 5.44. The fourth-order valence-corrected chi connectivity index (χ4v) is 2.19. The number of pyridine rings is 1. The van der Waals surface area contributed by atoms with E-state index >= 15 is 0 Å². The lowest BCUT2D eigenvalue weighted by Gasteiger charge is -2.22. The Bertz CT molecular complexity index is 729. The summed E-state index contributed by atoms with van der Waals surface area (Å²) in [4.78, 5) is 20.5. The van der Waals surface area contributed by atoms with Gasteiger partial charge in [-0.15, -0.1) is 0 Å². The van der Waals surface area contributed by atoms with Gasteiger partial charge in [-0.3, -0.25) is 0 Å². The minimum Gasteiger partial charge on any atom is -0.481 e. The Kier molecular flexibility index (Phi) is 3.90. The van der Waals surface area contributed by atoms with E-state index in [0.29, 0.717) is 23.2 Å². The topological polar surface area (TPSA) is 99.4 Å². The van der Waals surface area contributed by atoms with Gasteiger partial charge in [-0.05, 0) is 39.7 Å². The van der Waals surface area contributed by atoms with Crippen molar-refractivity contribution in [1.29, 1.82) is 0 Å². The minimum absolute atomic E-state index is 0.345. The van der Waals surface area contributed by atoms with Gasteiger partial charge in [0.2, 0.25) is 5.88 Å². The van der Waals surface area contributed by atoms with Crippen molar-refractivity contribution >= 4 is 6.09 Å². The van der Waals surface area contributed by atoms with E-state index in [1.807, 2.05) is 20.8 Å². The van der Waals surface area contributed by atoms with Crippen LogP contribution in [-0.4, -0.2) is 33.9 Å². The van der Waals surface area contributed by atoms with Crippen molar-refractivity contribution in [2.24, 2.45) is 0 Å². The van der Waals surface area contributed by atoms with Gasteiger partial charge in [0.1, 0.15) is 11.1 Å². The highest BCUT2D eigenvalue weighted by atomic mass is 16.6. The molecule has 3 rings (SSSR count). The number of alkyl carbamates (subject to hydrolysis) is 1. The third kappa shape index (κ3) is 3.47. The Labute approximate surface area is 139 Å². The van der Waals surface area contributed by atoms with E-state index in [-0.39, 0.29) is 0 Å². The zero-order valence-corrected chi connectivity index (χ0v) is 14.1. The van der Waals surface area contributed by atoms with E-state index in [0.717, 1.165) is 12.8 Å². The molecule has 2 aromatic rings. The first-order chi connectivity index (χ1) is 11.3. The highest BCUT2D eigenvalue weighted by molar-refractivity contribution is 5.69. The van der Waals surface area contributed by atoms with Crippen LogP contribution < -0.4 is 10.1 Å². The Morgan fingerprint density at radius 1 is 1.33 bits per heavy atom. The predicted octanol–water partition coefficient (Wildman–Crippen LogP) is 2.65. The molecule has 1 N–H and O–H groups in total. The number of carbonyl (C=O) groups is 1. The number of hydrogen-bond donors (Lipinski definition) is 1. The number of ether oxygens (including phenoxy) is 2. The van der Waals surface area contributed by atoms with Crippen LogP contribution in [0.4, 0.5) is 4.79 Å². The number of methoxy groups -OCH3 is 1. The lowest BCUT2D eigenvalue weighted by Crippen LogP contribution is -2.39. The van der Waals surface area contributed by atoms with Gasteiger partial charge >= 0.3 is 6.09 Å². The molecular weight excluding hydrogens is 312 g/mol. The molecule has 2 heterocycles. The van der Waals surface area contributed by atoms with E-state index in [9.17, 15) is 4.79 Å². The number of aromatic nitrogens is 3. The van der Waals surface area contributed by atoms with Crippen LogP contribution in [0.15, 0.2) is 22.9 Å². The number of nitrogens with one attached hydrogen (secondary N) is 1. The lowest BCUT2D eigenvalue weighted by atomic mass is 10.2. The first kappa shape index (κ1) is 16.2. The van der Waals surface area contributed by atoms with Gasteiger partial charge in [0.15, 0.2) is 5.82 Å². The molecule has 1 amide bonds. The van der Waals surface area contributed by atoms with Crippen LogP contribution in [0, 0.1) is 0 Å². The van der Waals surface area contributed by atoms with Gasteiger partial charge < -0.3 is 19.3 Å². The van der Waals surface area contributed by atoms with Crippen molar-refractivity contribution in [3.05, 3.63) is 24.2 Å². The quantitative estimate of drug-likeness (QED) is 0.918. The first-order valence-electron chi connectivity index (χ1n) is 7.67. The Hall–Kier alpha value is -2.64. The van der Waals surface area contributed by atoms with Crippen molar-refractivity contribution in [3.63, 3.8) is 0 Å². The fourth-order valence-electron chi connectivity index (χ4n) is 2.19. The average Bonchev–Trinajstić information content (AvgIpc) is 3.11. The van der Waals surface area contributed by atoms with Crippen molar-refractivity contribution in [3.8, 4) is 17.3 Å². The molecule has 8 nitrogen and oxygen atoms in total. The molecule has 8 heteroatoms. The van der Waals surface area contributed by atoms with E-state index in [1.54, 1.807) is 25.4 Å². The number of nitrogens with zero attached hydrogens (tertiary/aromatic N) is 3. The molecule has 1 aliphatic rings. The molecule has 24 heavy (non-hydrogen) atoms. The van der Waals surface area contributed by atoms with Crippen LogP contribution in [0.5, 0.6) is 5.88 Å². The van der Waals surface area contributed by atoms with E-state index in [4.69, 9.17) is 14.0 Å². The summed E-state index contributed by atoms with van der Waals surface area (Å²) in [7, 11) is 1.55. The Morgan fingerprint density at radius 2 is 2.08 bits per heavy atom. The summed E-state index contributed by atoms with van der Waals surface area (Å²) in [5, 5.41) is 6.84. The van der Waals surface area contributed by atoms with E-state index in [1.165, 1.54) is 0 Å². The number of rotatable bonds is 4. The van der Waals surface area contributed by atoms with Crippen molar-refractivity contribution in [1.82, 2.24) is 20.4 Å². The van der Waals surface area contributed by atoms with Gasteiger partial charge in [0, 0.05) is 12.3 Å². The van der Waals surface area contributed by atoms with Crippen LogP contribution in [0.25, 0.3) is 11.5 Å². The summed E-state index contributed by atoms with van der Waals surface area (Å²) in [6, 6.07) is 3.50. The molecule has 0 aliphatic heterocycles. The molecule has 1 fully saturated rings. The molecule has 0 aromatic carbocycles. The van der Waals surface area contributed by atoms with Gasteiger partial charge in [0.25, 0.3) is 5.89 Å². The Morgan fingerprint density at radius 3 is 2.62 bits per heavy atom. The maximum absolute atomic E-state index is 12.0. The summed E-state index contributed by atoms with van der Waals surface area (Å²) in [5.41, 5.74) is -0.482. The zero-order valence-electron chi connectivity index (χ0n) is 14.1. The fraction of sp³-hybridized carbons (Fsp3) is 0.500. The molecule has 0 unspecified atom stereocenters. The predicted molar refractivity (Wildman–Crippen MR) is 84.4 cm³/mol. The third-order valence-electron chi connectivity index (χ3n) is 3.54. The van der Waals surface area contributed by atoms with Crippen LogP contribution in [0.1, 0.15) is 39.4 Å². The average molecular weight is 332 g/mol. The molecule has 128 valence electrons. The monoisotopic (exact) mass is 332 g/mol. The standard InChI is InChI=1S/C16H20N4O4/c1-15(2,3)23-14(21)19-16(7-8-16)13-18-12(24-20-13)10-5-6-11(22-4)17-9-10/h5-6,9H,7-8H2,1-4H3,(H,19,21). The molecule has 0 bridgehead atoms. The van der Waals surface area contributed by atoms with Gasteiger partial charge in [-0.25, -0.2) is 9.78 Å². The summed E-state index contributed by atoms with van der Waals surface area (Å²) < 4.78 is 15.6. The molecule has 0 radical (unpaired) electrons. The molecule has 2 aromatic heterocycles. The molecule has 1 saturated carbocycles. The van der Waals surface area contributed by atoms with Crippen molar-refractivity contribution < 1.29 is 18.8 Å². The zero-order chi connectivity index (χ0) is 17.4. The van der Waals surface area contributed by atoms with Crippen molar-refractivity contribution in [2.75, 3.05) is 7.11 Å². The van der Waals surface area contributed by atoms with E-state index in [2.05, 4.69) is 20.4 Å². The maximum Gasteiger partial charge on any atom is 0.408 e. The van der Waals surface area contributed by atoms with E-state index < -0.39 is 17.2 Å². The summed E-state index contributed by atoms with van der Waals surface area (Å²) in [5.74, 6) is 1.29. The molecule has 0 spiro atoms. The minimum atomic E-state index is -0.607. The third-order valence-corrected chi connectivity index (χ3v) is 3.54. The number of hydrogen-bond acceptors (Lipinski definition) is 7. The summed E-state index contributed by atoms with van der Waals surface area (Å²) in [6.07, 6.45) is 2.59. The molecular formula is C16H20N4O4. The highest BCUT2D eigenvalue weighted by Crippen LogP contribution is 2.44. The van der Waals surface area contributed by atoms with Crippen LogP contribution in [0.3, 0.4) is 0 Å². The normalized spacial score (nSPS) is 15.7. The second kappa shape index (κ2) is 5.77. The lowest BCUT2D eigenvalue weighted by molar-refractivity contribution is 0.0491. The number of carbonyl (C=O) groups excluding carboxylic acids is 1. The van der Waals surface area contributed by atoms with Crippen LogP contribution in [0.2, 0.25) is 0 Å². The number of amides is 1. The molecule has 0 saturated heterocycles. The molecule has 1 aliphatic carbocycles. The Balaban J connectivity index is 1.73. The SMILES string of the molecule is COc1ccc(-c2nc(C3(NC(=O)OC(C)(C)C)CC3)no2)cn1. The maximum atomic E-state index is 12.0. The van der Waals surface area contributed by atoms with Crippen LogP contribution >= 0.6 is 0 Å².